The summed E-state index contributed by atoms with van der Waals surface area (Å²) < 4.78 is 5.68. The van der Waals surface area contributed by atoms with E-state index in [1.165, 1.54) is 0 Å². The van der Waals surface area contributed by atoms with Gasteiger partial charge in [0, 0.05) is 13.1 Å². The standard InChI is InChI=1S/C15H26N2O/c1-4-17(12-13(2)3)10-7-11-18-15-9-6-5-8-14(15)16/h5-6,8-9,13H,4,7,10-12,16H2,1-3H3. The molecule has 0 radical (unpaired) electrons. The van der Waals surface area contributed by atoms with Crippen molar-refractivity contribution in [2.75, 3.05) is 32.0 Å². The van der Waals surface area contributed by atoms with Crippen molar-refractivity contribution in [2.24, 2.45) is 5.92 Å². The lowest BCUT2D eigenvalue weighted by Crippen LogP contribution is -2.29. The van der Waals surface area contributed by atoms with Crippen LogP contribution in [0.25, 0.3) is 0 Å². The molecule has 0 heterocycles. The Kier molecular flexibility index (Phi) is 6.58. The van der Waals surface area contributed by atoms with Gasteiger partial charge in [0.25, 0.3) is 0 Å². The number of nitrogens with two attached hydrogens (primary N) is 1. The van der Waals surface area contributed by atoms with Crippen molar-refractivity contribution in [1.29, 1.82) is 0 Å². The molecular weight excluding hydrogens is 224 g/mol. The molecule has 0 amide bonds. The van der Waals surface area contributed by atoms with Crippen LogP contribution < -0.4 is 10.5 Å². The van der Waals surface area contributed by atoms with Gasteiger partial charge in [0.2, 0.25) is 0 Å². The van der Waals surface area contributed by atoms with Crippen molar-refractivity contribution in [2.45, 2.75) is 27.2 Å². The average Bonchev–Trinajstić information content (AvgIpc) is 2.34. The number of rotatable bonds is 8. The smallest absolute Gasteiger partial charge is 0.142 e. The molecule has 1 aromatic rings. The Labute approximate surface area is 111 Å². The van der Waals surface area contributed by atoms with E-state index < -0.39 is 0 Å². The molecule has 0 bridgehead atoms. The fourth-order valence-corrected chi connectivity index (χ4v) is 1.98. The number of hydrogen-bond acceptors (Lipinski definition) is 3. The molecule has 0 aliphatic rings. The molecule has 1 rings (SSSR count). The second kappa shape index (κ2) is 7.98. The molecule has 2 N–H and O–H groups in total. The van der Waals surface area contributed by atoms with Gasteiger partial charge >= 0.3 is 0 Å². The quantitative estimate of drug-likeness (QED) is 0.569. The van der Waals surface area contributed by atoms with E-state index in [0.29, 0.717) is 5.69 Å². The van der Waals surface area contributed by atoms with Gasteiger partial charge in [-0.15, -0.1) is 0 Å². The van der Waals surface area contributed by atoms with Gasteiger partial charge in [-0.25, -0.2) is 0 Å². The van der Waals surface area contributed by atoms with E-state index in [0.717, 1.165) is 44.3 Å². The van der Waals surface area contributed by atoms with Gasteiger partial charge in [-0.2, -0.15) is 0 Å². The zero-order chi connectivity index (χ0) is 13.4. The first-order valence-corrected chi connectivity index (χ1v) is 6.83. The maximum Gasteiger partial charge on any atom is 0.142 e. The third kappa shape index (κ3) is 5.41. The van der Waals surface area contributed by atoms with Crippen LogP contribution in [-0.4, -0.2) is 31.1 Å². The lowest BCUT2D eigenvalue weighted by Gasteiger charge is -2.22. The molecule has 0 atom stereocenters. The van der Waals surface area contributed by atoms with Crippen molar-refractivity contribution in [3.8, 4) is 5.75 Å². The Hall–Kier alpha value is -1.22. The normalized spacial score (nSPS) is 11.2. The Morgan fingerprint density at radius 3 is 2.61 bits per heavy atom. The Morgan fingerprint density at radius 2 is 2.00 bits per heavy atom. The van der Waals surface area contributed by atoms with E-state index in [4.69, 9.17) is 10.5 Å². The van der Waals surface area contributed by atoms with Crippen LogP contribution in [-0.2, 0) is 0 Å². The molecular formula is C15H26N2O. The maximum atomic E-state index is 5.82. The molecule has 0 spiro atoms. The minimum absolute atomic E-state index is 0.715. The highest BCUT2D eigenvalue weighted by Gasteiger charge is 2.05. The molecule has 3 nitrogen and oxygen atoms in total. The maximum absolute atomic E-state index is 5.82. The SMILES string of the molecule is CCN(CCCOc1ccccc1N)CC(C)C. The van der Waals surface area contributed by atoms with Crippen molar-refractivity contribution in [1.82, 2.24) is 4.90 Å². The number of ether oxygens (including phenoxy) is 1. The van der Waals surface area contributed by atoms with E-state index in [9.17, 15) is 0 Å². The molecule has 0 unspecified atom stereocenters. The second-order valence-corrected chi connectivity index (χ2v) is 5.03. The summed E-state index contributed by atoms with van der Waals surface area (Å²) in [4.78, 5) is 2.46. The third-order valence-electron chi connectivity index (χ3n) is 2.87. The van der Waals surface area contributed by atoms with Crippen LogP contribution in [0.4, 0.5) is 5.69 Å². The molecule has 0 aliphatic carbocycles. The summed E-state index contributed by atoms with van der Waals surface area (Å²) in [5, 5.41) is 0. The molecule has 0 aromatic heterocycles. The molecule has 3 heteroatoms. The number of para-hydroxylation sites is 2. The third-order valence-corrected chi connectivity index (χ3v) is 2.87. The predicted molar refractivity (Wildman–Crippen MR) is 77.9 cm³/mol. The van der Waals surface area contributed by atoms with Gasteiger partial charge in [0.15, 0.2) is 0 Å². The summed E-state index contributed by atoms with van der Waals surface area (Å²) in [6, 6.07) is 7.65. The first-order valence-electron chi connectivity index (χ1n) is 6.83. The summed E-state index contributed by atoms with van der Waals surface area (Å²) in [5.41, 5.74) is 6.53. The van der Waals surface area contributed by atoms with Crippen molar-refractivity contribution >= 4 is 5.69 Å². The van der Waals surface area contributed by atoms with Crippen LogP contribution in [0, 0.1) is 5.92 Å². The lowest BCUT2D eigenvalue weighted by atomic mass is 10.2. The van der Waals surface area contributed by atoms with Crippen LogP contribution in [0.2, 0.25) is 0 Å². The summed E-state index contributed by atoms with van der Waals surface area (Å²) in [6.45, 7) is 10.8. The zero-order valence-electron chi connectivity index (χ0n) is 11.9. The monoisotopic (exact) mass is 250 g/mol. The Bertz CT molecular complexity index is 339. The van der Waals surface area contributed by atoms with Gasteiger partial charge in [-0.05, 0) is 31.0 Å². The number of benzene rings is 1. The lowest BCUT2D eigenvalue weighted by molar-refractivity contribution is 0.224. The van der Waals surface area contributed by atoms with E-state index >= 15 is 0 Å². The Morgan fingerprint density at radius 1 is 1.28 bits per heavy atom. The minimum atomic E-state index is 0.715. The molecule has 0 aliphatic heterocycles. The van der Waals surface area contributed by atoms with Gasteiger partial charge < -0.3 is 15.4 Å². The Balaban J connectivity index is 2.24. The van der Waals surface area contributed by atoms with Gasteiger partial charge in [0.05, 0.1) is 12.3 Å². The van der Waals surface area contributed by atoms with E-state index in [1.54, 1.807) is 0 Å². The number of anilines is 1. The number of hydrogen-bond donors (Lipinski definition) is 1. The molecule has 102 valence electrons. The highest BCUT2D eigenvalue weighted by molar-refractivity contribution is 5.51. The molecule has 0 fully saturated rings. The first kappa shape index (κ1) is 14.8. The van der Waals surface area contributed by atoms with E-state index in [1.807, 2.05) is 24.3 Å². The largest absolute Gasteiger partial charge is 0.491 e. The van der Waals surface area contributed by atoms with Crippen molar-refractivity contribution in [3.63, 3.8) is 0 Å². The summed E-state index contributed by atoms with van der Waals surface area (Å²) in [6.07, 6.45) is 1.04. The predicted octanol–water partition coefficient (Wildman–Crippen LogP) is 3.02. The molecule has 1 aromatic carbocycles. The molecule has 18 heavy (non-hydrogen) atoms. The fourth-order valence-electron chi connectivity index (χ4n) is 1.98. The van der Waals surface area contributed by atoms with E-state index in [2.05, 4.69) is 25.7 Å². The van der Waals surface area contributed by atoms with Crippen LogP contribution in [0.1, 0.15) is 27.2 Å². The number of nitrogen functional groups attached to an aromatic ring is 1. The summed E-state index contributed by atoms with van der Waals surface area (Å²) in [5.74, 6) is 1.51. The van der Waals surface area contributed by atoms with Gasteiger partial charge in [-0.3, -0.25) is 0 Å². The van der Waals surface area contributed by atoms with Gasteiger partial charge in [0.1, 0.15) is 5.75 Å². The van der Waals surface area contributed by atoms with E-state index in [-0.39, 0.29) is 0 Å². The van der Waals surface area contributed by atoms with Crippen LogP contribution >= 0.6 is 0 Å². The summed E-state index contributed by atoms with van der Waals surface area (Å²) >= 11 is 0. The fraction of sp³-hybridized carbons (Fsp3) is 0.600. The highest BCUT2D eigenvalue weighted by atomic mass is 16.5. The zero-order valence-corrected chi connectivity index (χ0v) is 11.9. The van der Waals surface area contributed by atoms with Crippen LogP contribution in [0.15, 0.2) is 24.3 Å². The average molecular weight is 250 g/mol. The molecule has 0 saturated carbocycles. The topological polar surface area (TPSA) is 38.5 Å². The first-order chi connectivity index (χ1) is 8.63. The number of nitrogens with zero attached hydrogens (tertiary/aromatic N) is 1. The second-order valence-electron chi connectivity index (χ2n) is 5.03. The molecule has 0 saturated heterocycles. The van der Waals surface area contributed by atoms with Crippen LogP contribution in [0.5, 0.6) is 5.75 Å². The van der Waals surface area contributed by atoms with Gasteiger partial charge in [-0.1, -0.05) is 32.9 Å². The minimum Gasteiger partial charge on any atom is -0.491 e. The highest BCUT2D eigenvalue weighted by Crippen LogP contribution is 2.19. The van der Waals surface area contributed by atoms with Crippen molar-refractivity contribution in [3.05, 3.63) is 24.3 Å². The summed E-state index contributed by atoms with van der Waals surface area (Å²) in [7, 11) is 0. The van der Waals surface area contributed by atoms with Crippen LogP contribution in [0.3, 0.4) is 0 Å². The van der Waals surface area contributed by atoms with Crippen molar-refractivity contribution < 1.29 is 4.74 Å².